The lowest BCUT2D eigenvalue weighted by Gasteiger charge is -2.08. The number of nitrogen functional groups attached to an aromatic ring is 1. The highest BCUT2D eigenvalue weighted by Crippen LogP contribution is 2.28. The molecule has 0 aliphatic carbocycles. The van der Waals surface area contributed by atoms with Crippen LogP contribution < -0.4 is 15.9 Å². The molecule has 92 valence electrons. The van der Waals surface area contributed by atoms with Gasteiger partial charge in [-0.15, -0.1) is 0 Å². The molecule has 3 heteroatoms. The van der Waals surface area contributed by atoms with E-state index >= 15 is 0 Å². The van der Waals surface area contributed by atoms with Crippen LogP contribution in [0.15, 0.2) is 47.3 Å². The van der Waals surface area contributed by atoms with Gasteiger partial charge in [-0.2, -0.15) is 0 Å². The number of methoxy groups -OCH3 is 1. The zero-order valence-electron chi connectivity index (χ0n) is 10.4. The Morgan fingerprint density at radius 1 is 1.06 bits per heavy atom. The van der Waals surface area contributed by atoms with Crippen molar-refractivity contribution in [1.82, 2.24) is 0 Å². The van der Waals surface area contributed by atoms with Crippen LogP contribution in [-0.4, -0.2) is 7.11 Å². The van der Waals surface area contributed by atoms with Crippen molar-refractivity contribution in [2.45, 2.75) is 6.92 Å². The molecule has 0 heterocycles. The van der Waals surface area contributed by atoms with Gasteiger partial charge in [0.05, 0.1) is 12.8 Å². The maximum atomic E-state index is 12.2. The van der Waals surface area contributed by atoms with Crippen LogP contribution in [0.2, 0.25) is 0 Å². The van der Waals surface area contributed by atoms with Gasteiger partial charge in [-0.25, -0.2) is 0 Å². The van der Waals surface area contributed by atoms with Gasteiger partial charge in [0.1, 0.15) is 5.75 Å². The van der Waals surface area contributed by atoms with Gasteiger partial charge in [0.15, 0.2) is 0 Å². The molecule has 3 nitrogen and oxygen atoms in total. The number of nitrogens with two attached hydrogens (primary N) is 1. The molecule has 2 rings (SSSR count). The molecule has 0 amide bonds. The van der Waals surface area contributed by atoms with Gasteiger partial charge in [-0.1, -0.05) is 29.8 Å². The lowest BCUT2D eigenvalue weighted by atomic mass is 10.0. The molecule has 0 unspecified atom stereocenters. The molecule has 0 bridgehead atoms. The van der Waals surface area contributed by atoms with Crippen LogP contribution in [0.3, 0.4) is 0 Å². The van der Waals surface area contributed by atoms with Gasteiger partial charge in [-0.3, -0.25) is 4.79 Å². The Labute approximate surface area is 106 Å². The molecule has 0 fully saturated rings. The van der Waals surface area contributed by atoms with Gasteiger partial charge in [0, 0.05) is 11.1 Å². The molecular formula is C15H15NO2. The number of hydrogen-bond donors (Lipinski definition) is 1. The van der Waals surface area contributed by atoms with Crippen molar-refractivity contribution < 1.29 is 4.74 Å². The van der Waals surface area contributed by atoms with E-state index in [2.05, 4.69) is 0 Å². The predicted molar refractivity (Wildman–Crippen MR) is 73.8 cm³/mol. The topological polar surface area (TPSA) is 52.3 Å². The Bertz CT molecular complexity index is 636. The van der Waals surface area contributed by atoms with Crippen molar-refractivity contribution in [2.75, 3.05) is 12.8 Å². The Morgan fingerprint density at radius 3 is 2.50 bits per heavy atom. The second-order valence-corrected chi connectivity index (χ2v) is 4.12. The van der Waals surface area contributed by atoms with Crippen molar-refractivity contribution in [3.05, 3.63) is 58.3 Å². The largest absolute Gasteiger partial charge is 0.496 e. The summed E-state index contributed by atoms with van der Waals surface area (Å²) in [5.74, 6) is 0.670. The predicted octanol–water partition coefficient (Wildman–Crippen LogP) is 2.61. The zero-order chi connectivity index (χ0) is 13.1. The van der Waals surface area contributed by atoms with Crippen LogP contribution in [0.5, 0.6) is 5.75 Å². The SMILES string of the molecule is COc1ccc(C)cc1-c1ccccc(N)c1=O. The highest BCUT2D eigenvalue weighted by Gasteiger charge is 2.09. The Morgan fingerprint density at radius 2 is 1.78 bits per heavy atom. The second kappa shape index (κ2) is 4.92. The van der Waals surface area contributed by atoms with Crippen LogP contribution in [0, 0.1) is 6.92 Å². The number of rotatable bonds is 2. The van der Waals surface area contributed by atoms with Crippen molar-refractivity contribution in [2.24, 2.45) is 0 Å². The average Bonchev–Trinajstić information content (AvgIpc) is 2.53. The zero-order valence-corrected chi connectivity index (χ0v) is 10.4. The van der Waals surface area contributed by atoms with E-state index in [1.54, 1.807) is 31.4 Å². The van der Waals surface area contributed by atoms with E-state index < -0.39 is 0 Å². The van der Waals surface area contributed by atoms with Gasteiger partial charge in [0.2, 0.25) is 5.43 Å². The van der Waals surface area contributed by atoms with E-state index in [4.69, 9.17) is 10.5 Å². The van der Waals surface area contributed by atoms with E-state index in [1.165, 1.54) is 0 Å². The Kier molecular flexibility index (Phi) is 3.33. The molecule has 0 aromatic heterocycles. The minimum absolute atomic E-state index is 0.177. The molecule has 2 aromatic rings. The van der Waals surface area contributed by atoms with E-state index in [1.807, 2.05) is 25.1 Å². The van der Waals surface area contributed by atoms with Crippen molar-refractivity contribution >= 4 is 5.69 Å². The van der Waals surface area contributed by atoms with Crippen LogP contribution >= 0.6 is 0 Å². The minimum Gasteiger partial charge on any atom is -0.496 e. The van der Waals surface area contributed by atoms with Gasteiger partial charge in [0.25, 0.3) is 0 Å². The molecule has 0 aliphatic heterocycles. The third kappa shape index (κ3) is 2.20. The molecule has 2 aromatic carbocycles. The van der Waals surface area contributed by atoms with E-state index in [9.17, 15) is 4.79 Å². The molecule has 0 aliphatic rings. The summed E-state index contributed by atoms with van der Waals surface area (Å²) in [6.45, 7) is 1.97. The van der Waals surface area contributed by atoms with Crippen molar-refractivity contribution in [3.63, 3.8) is 0 Å². The summed E-state index contributed by atoms with van der Waals surface area (Å²) < 4.78 is 5.30. The first-order valence-corrected chi connectivity index (χ1v) is 5.67. The maximum Gasteiger partial charge on any atom is 0.209 e. The summed E-state index contributed by atoms with van der Waals surface area (Å²) >= 11 is 0. The van der Waals surface area contributed by atoms with Gasteiger partial charge in [-0.05, 0) is 25.1 Å². The second-order valence-electron chi connectivity index (χ2n) is 4.12. The minimum atomic E-state index is -0.177. The summed E-state index contributed by atoms with van der Waals surface area (Å²) in [5, 5.41) is 0. The third-order valence-corrected chi connectivity index (χ3v) is 2.80. The van der Waals surface area contributed by atoms with Crippen LogP contribution in [-0.2, 0) is 0 Å². The molecule has 0 saturated carbocycles. The van der Waals surface area contributed by atoms with Crippen LogP contribution in [0.1, 0.15) is 5.56 Å². The number of aryl methyl sites for hydroxylation is 1. The summed E-state index contributed by atoms with van der Waals surface area (Å²) in [6, 6.07) is 12.6. The number of benzene rings is 1. The van der Waals surface area contributed by atoms with E-state index in [0.717, 1.165) is 11.1 Å². The number of anilines is 1. The summed E-state index contributed by atoms with van der Waals surface area (Å²) in [4.78, 5) is 12.2. The Balaban J connectivity index is 2.78. The smallest absolute Gasteiger partial charge is 0.209 e. The number of hydrogen-bond acceptors (Lipinski definition) is 3. The van der Waals surface area contributed by atoms with Crippen LogP contribution in [0.25, 0.3) is 11.1 Å². The molecule has 0 radical (unpaired) electrons. The van der Waals surface area contributed by atoms with Crippen molar-refractivity contribution in [1.29, 1.82) is 0 Å². The fourth-order valence-corrected chi connectivity index (χ4v) is 1.86. The van der Waals surface area contributed by atoms with E-state index in [-0.39, 0.29) is 11.1 Å². The normalized spacial score (nSPS) is 10.1. The first-order valence-electron chi connectivity index (χ1n) is 5.67. The molecule has 0 saturated heterocycles. The average molecular weight is 241 g/mol. The quantitative estimate of drug-likeness (QED) is 0.879. The lowest BCUT2D eigenvalue weighted by molar-refractivity contribution is 0.416. The summed E-state index contributed by atoms with van der Waals surface area (Å²) in [5.41, 5.74) is 8.16. The maximum absolute atomic E-state index is 12.2. The van der Waals surface area contributed by atoms with Gasteiger partial charge >= 0.3 is 0 Å². The standard InChI is InChI=1S/C15H15NO2/c1-10-7-8-14(18-2)12(9-10)11-5-3-4-6-13(16)15(11)17/h3-9H,1-2H3,(H2,16,17). The fourth-order valence-electron chi connectivity index (χ4n) is 1.86. The molecular weight excluding hydrogens is 226 g/mol. The monoisotopic (exact) mass is 241 g/mol. The van der Waals surface area contributed by atoms with Crippen LogP contribution in [0.4, 0.5) is 5.69 Å². The number of ether oxygens (including phenoxy) is 1. The first-order chi connectivity index (χ1) is 8.63. The molecule has 0 atom stereocenters. The molecule has 2 N–H and O–H groups in total. The van der Waals surface area contributed by atoms with Crippen molar-refractivity contribution in [3.8, 4) is 16.9 Å². The fraction of sp³-hybridized carbons (Fsp3) is 0.133. The highest BCUT2D eigenvalue weighted by atomic mass is 16.5. The Hall–Kier alpha value is -2.29. The molecule has 0 spiro atoms. The summed E-state index contributed by atoms with van der Waals surface area (Å²) in [7, 11) is 1.59. The first kappa shape index (κ1) is 12.2. The van der Waals surface area contributed by atoms with E-state index in [0.29, 0.717) is 11.3 Å². The lowest BCUT2D eigenvalue weighted by Crippen LogP contribution is -2.07. The third-order valence-electron chi connectivity index (χ3n) is 2.80. The highest BCUT2D eigenvalue weighted by molar-refractivity contribution is 5.72. The summed E-state index contributed by atoms with van der Waals surface area (Å²) in [6.07, 6.45) is 0. The molecule has 18 heavy (non-hydrogen) atoms. The van der Waals surface area contributed by atoms with Gasteiger partial charge < -0.3 is 10.5 Å².